The zero-order valence-corrected chi connectivity index (χ0v) is 15.1. The fourth-order valence-corrected chi connectivity index (χ4v) is 3.17. The van der Waals surface area contributed by atoms with Gasteiger partial charge in [-0.1, -0.05) is 24.3 Å². The number of aromatic amines is 1. The Labute approximate surface area is 149 Å². The van der Waals surface area contributed by atoms with E-state index in [1.54, 1.807) is 27.7 Å². The van der Waals surface area contributed by atoms with E-state index in [2.05, 4.69) is 10.1 Å². The van der Waals surface area contributed by atoms with Crippen LogP contribution in [0.5, 0.6) is 0 Å². The van der Waals surface area contributed by atoms with Gasteiger partial charge in [-0.25, -0.2) is 4.79 Å². The van der Waals surface area contributed by atoms with Crippen molar-refractivity contribution in [2.45, 2.75) is 33.3 Å². The molecule has 132 valence electrons. The molecule has 6 nitrogen and oxygen atoms in total. The second kappa shape index (κ2) is 5.42. The van der Waals surface area contributed by atoms with Crippen molar-refractivity contribution in [2.75, 3.05) is 0 Å². The molecule has 0 radical (unpaired) electrons. The Morgan fingerprint density at radius 3 is 2.46 bits per heavy atom. The van der Waals surface area contributed by atoms with Gasteiger partial charge in [-0.05, 0) is 50.6 Å². The summed E-state index contributed by atoms with van der Waals surface area (Å²) in [6, 6.07) is 11.8. The van der Waals surface area contributed by atoms with Crippen LogP contribution in [0, 0.1) is 6.92 Å². The summed E-state index contributed by atoms with van der Waals surface area (Å²) in [6.07, 6.45) is -0.598. The van der Waals surface area contributed by atoms with E-state index in [0.717, 1.165) is 16.2 Å². The highest BCUT2D eigenvalue weighted by atomic mass is 16.6. The maximum absolute atomic E-state index is 12.6. The Kier molecular flexibility index (Phi) is 3.41. The molecule has 0 fully saturated rings. The van der Waals surface area contributed by atoms with Crippen LogP contribution in [0.25, 0.3) is 32.6 Å². The van der Waals surface area contributed by atoms with Gasteiger partial charge in [-0.15, -0.1) is 0 Å². The minimum atomic E-state index is -0.646. The number of ether oxygens (including phenoxy) is 1. The molecule has 0 saturated carbocycles. The Bertz CT molecular complexity index is 1240. The van der Waals surface area contributed by atoms with E-state index < -0.39 is 11.7 Å². The van der Waals surface area contributed by atoms with Gasteiger partial charge in [0.2, 0.25) is 0 Å². The van der Waals surface area contributed by atoms with Gasteiger partial charge in [-0.2, -0.15) is 9.78 Å². The third-order valence-corrected chi connectivity index (χ3v) is 4.30. The molecular weight excluding hydrogens is 330 g/mol. The molecule has 0 aliphatic carbocycles. The molecule has 0 aliphatic heterocycles. The fourth-order valence-electron chi connectivity index (χ4n) is 3.17. The van der Waals surface area contributed by atoms with Crippen LogP contribution < -0.4 is 5.56 Å². The lowest BCUT2D eigenvalue weighted by Gasteiger charge is -2.19. The number of carbonyl (C=O) groups is 1. The third kappa shape index (κ3) is 2.54. The van der Waals surface area contributed by atoms with Crippen LogP contribution in [0.15, 0.2) is 41.2 Å². The summed E-state index contributed by atoms with van der Waals surface area (Å²) in [6.45, 7) is 7.06. The first-order chi connectivity index (χ1) is 12.2. The largest absolute Gasteiger partial charge is 0.442 e. The summed E-state index contributed by atoms with van der Waals surface area (Å²) < 4.78 is 6.57. The lowest BCUT2D eigenvalue weighted by molar-refractivity contribution is 0.0512. The molecule has 6 heteroatoms. The van der Waals surface area contributed by atoms with Crippen LogP contribution in [0.2, 0.25) is 0 Å². The molecule has 26 heavy (non-hydrogen) atoms. The summed E-state index contributed by atoms with van der Waals surface area (Å²) in [7, 11) is 0. The van der Waals surface area contributed by atoms with Gasteiger partial charge in [0.25, 0.3) is 5.56 Å². The average Bonchev–Trinajstić information content (AvgIpc) is 2.90. The number of carbonyl (C=O) groups excluding carboxylic acids is 1. The number of H-pyrrole nitrogens is 1. The Balaban J connectivity index is 2.04. The van der Waals surface area contributed by atoms with Gasteiger partial charge in [0, 0.05) is 5.39 Å². The predicted octanol–water partition coefficient (Wildman–Crippen LogP) is 4.12. The maximum Gasteiger partial charge on any atom is 0.435 e. The van der Waals surface area contributed by atoms with E-state index in [1.165, 1.54) is 4.68 Å². The summed E-state index contributed by atoms with van der Waals surface area (Å²) in [5, 5.41) is 7.68. The van der Waals surface area contributed by atoms with E-state index in [1.807, 2.05) is 36.4 Å². The molecule has 2 heterocycles. The average molecular weight is 349 g/mol. The molecule has 0 saturated heterocycles. The minimum Gasteiger partial charge on any atom is -0.442 e. The van der Waals surface area contributed by atoms with E-state index >= 15 is 0 Å². The number of fused-ring (bicyclic) bond motifs is 4. The van der Waals surface area contributed by atoms with Crippen molar-refractivity contribution in [1.82, 2.24) is 14.8 Å². The number of nitrogens with one attached hydrogen (secondary N) is 1. The molecule has 4 aromatic rings. The quantitative estimate of drug-likeness (QED) is 0.484. The van der Waals surface area contributed by atoms with Gasteiger partial charge >= 0.3 is 6.09 Å². The highest BCUT2D eigenvalue weighted by Crippen LogP contribution is 2.27. The monoisotopic (exact) mass is 349 g/mol. The van der Waals surface area contributed by atoms with Gasteiger partial charge in [0.05, 0.1) is 16.6 Å². The predicted molar refractivity (Wildman–Crippen MR) is 102 cm³/mol. The van der Waals surface area contributed by atoms with Crippen molar-refractivity contribution < 1.29 is 9.53 Å². The van der Waals surface area contributed by atoms with Crippen molar-refractivity contribution in [3.63, 3.8) is 0 Å². The third-order valence-electron chi connectivity index (χ3n) is 4.30. The molecule has 2 aromatic carbocycles. The van der Waals surface area contributed by atoms with E-state index in [4.69, 9.17) is 4.74 Å². The van der Waals surface area contributed by atoms with Crippen molar-refractivity contribution in [2.24, 2.45) is 0 Å². The zero-order chi connectivity index (χ0) is 18.6. The van der Waals surface area contributed by atoms with Gasteiger partial charge in [-0.3, -0.25) is 4.79 Å². The lowest BCUT2D eigenvalue weighted by atomic mass is 10.1. The summed E-state index contributed by atoms with van der Waals surface area (Å²) >= 11 is 0. The van der Waals surface area contributed by atoms with Crippen LogP contribution in [0.3, 0.4) is 0 Å². The van der Waals surface area contributed by atoms with Crippen molar-refractivity contribution >= 4 is 38.7 Å². The van der Waals surface area contributed by atoms with Gasteiger partial charge < -0.3 is 9.72 Å². The lowest BCUT2D eigenvalue weighted by Crippen LogP contribution is -2.28. The Morgan fingerprint density at radius 2 is 1.81 bits per heavy atom. The SMILES string of the molecule is Cc1c2c(=O)[nH]c3cc4ccccc4cc3c2nn1C(=O)OC(C)(C)C. The number of aromatic nitrogens is 3. The molecule has 0 bridgehead atoms. The molecule has 0 unspecified atom stereocenters. The highest BCUT2D eigenvalue weighted by Gasteiger charge is 2.23. The molecule has 0 spiro atoms. The fraction of sp³-hybridized carbons (Fsp3) is 0.250. The van der Waals surface area contributed by atoms with Gasteiger partial charge in [0.15, 0.2) is 0 Å². The number of rotatable bonds is 0. The Morgan fingerprint density at radius 1 is 1.15 bits per heavy atom. The second-order valence-corrected chi connectivity index (χ2v) is 7.40. The normalized spacial score (nSPS) is 12.2. The van der Waals surface area contributed by atoms with E-state index in [9.17, 15) is 9.59 Å². The first kappa shape index (κ1) is 16.3. The van der Waals surface area contributed by atoms with Crippen molar-refractivity contribution in [3.05, 3.63) is 52.4 Å². The second-order valence-electron chi connectivity index (χ2n) is 7.40. The number of benzene rings is 2. The number of pyridine rings is 1. The molecule has 4 rings (SSSR count). The topological polar surface area (TPSA) is 77.0 Å². The number of nitrogens with zero attached hydrogens (tertiary/aromatic N) is 2. The highest BCUT2D eigenvalue weighted by molar-refractivity contribution is 6.09. The first-order valence-corrected chi connectivity index (χ1v) is 8.42. The van der Waals surface area contributed by atoms with Crippen LogP contribution in [-0.2, 0) is 4.74 Å². The smallest absolute Gasteiger partial charge is 0.435 e. The number of hydrogen-bond acceptors (Lipinski definition) is 4. The summed E-state index contributed by atoms with van der Waals surface area (Å²) in [5.41, 5.74) is 0.736. The molecule has 2 aromatic heterocycles. The molecule has 0 aliphatic rings. The summed E-state index contributed by atoms with van der Waals surface area (Å²) in [5.74, 6) is 0. The molecule has 0 atom stereocenters. The van der Waals surface area contributed by atoms with E-state index in [-0.39, 0.29) is 5.56 Å². The molecule has 1 N–H and O–H groups in total. The van der Waals surface area contributed by atoms with Crippen LogP contribution in [0.4, 0.5) is 4.79 Å². The number of aryl methyl sites for hydroxylation is 1. The molecular formula is C20H19N3O3. The van der Waals surface area contributed by atoms with Crippen molar-refractivity contribution in [3.8, 4) is 0 Å². The van der Waals surface area contributed by atoms with Crippen molar-refractivity contribution in [1.29, 1.82) is 0 Å². The zero-order valence-electron chi connectivity index (χ0n) is 15.1. The van der Waals surface area contributed by atoms with E-state index in [0.29, 0.717) is 22.1 Å². The first-order valence-electron chi connectivity index (χ1n) is 8.42. The van der Waals surface area contributed by atoms with Gasteiger partial charge in [0.1, 0.15) is 11.1 Å². The van der Waals surface area contributed by atoms with Crippen LogP contribution >= 0.6 is 0 Å². The van der Waals surface area contributed by atoms with Crippen LogP contribution in [0.1, 0.15) is 26.5 Å². The number of hydrogen-bond donors (Lipinski definition) is 1. The Hall–Kier alpha value is -3.15. The minimum absolute atomic E-state index is 0.268. The standard InChI is InChI=1S/C20H19N3O3/c1-11-16-17(22-23(11)19(25)26-20(2,3)4)14-9-12-7-5-6-8-13(12)10-15(14)21-18(16)24/h5-10H,1-4H3,(H,21,24). The maximum atomic E-state index is 12.6. The van der Waals surface area contributed by atoms with Crippen LogP contribution in [-0.4, -0.2) is 26.5 Å². The molecule has 0 amide bonds. The summed E-state index contributed by atoms with van der Waals surface area (Å²) in [4.78, 5) is 28.0.